The molecule has 0 atom stereocenters. The van der Waals surface area contributed by atoms with Crippen molar-refractivity contribution in [3.8, 4) is 0 Å². The largest absolute Gasteiger partial charge is 0.322 e. The standard InChI is InChI=1S/C17H18BrN3O3S/c18-14-6-8-15(9-7-14)19-17(22)20-10-12-21(13-11-20)25(23,24)16-4-2-1-3-5-16/h1-9H,10-13H2,(H,19,22). The highest BCUT2D eigenvalue weighted by Crippen LogP contribution is 2.18. The lowest BCUT2D eigenvalue weighted by atomic mass is 10.3. The summed E-state index contributed by atoms with van der Waals surface area (Å²) in [5.74, 6) is 0. The van der Waals surface area contributed by atoms with Crippen LogP contribution in [-0.4, -0.2) is 49.8 Å². The summed E-state index contributed by atoms with van der Waals surface area (Å²) < 4.78 is 27.5. The Kier molecular flexibility index (Phi) is 5.41. The maximum Gasteiger partial charge on any atom is 0.321 e. The Labute approximate surface area is 155 Å². The summed E-state index contributed by atoms with van der Waals surface area (Å²) in [5, 5.41) is 2.82. The molecule has 0 saturated carbocycles. The minimum absolute atomic E-state index is 0.223. The van der Waals surface area contributed by atoms with Crippen LogP contribution in [0.1, 0.15) is 0 Å². The smallest absolute Gasteiger partial charge is 0.321 e. The fraction of sp³-hybridized carbons (Fsp3) is 0.235. The number of nitrogens with zero attached hydrogens (tertiary/aromatic N) is 2. The molecule has 2 aromatic carbocycles. The minimum Gasteiger partial charge on any atom is -0.322 e. The van der Waals surface area contributed by atoms with Gasteiger partial charge in [0.1, 0.15) is 0 Å². The highest BCUT2D eigenvalue weighted by atomic mass is 79.9. The van der Waals surface area contributed by atoms with Crippen LogP contribution in [0.25, 0.3) is 0 Å². The molecule has 6 nitrogen and oxygen atoms in total. The molecule has 1 saturated heterocycles. The first kappa shape index (κ1) is 17.9. The highest BCUT2D eigenvalue weighted by molar-refractivity contribution is 9.10. The number of urea groups is 1. The van der Waals surface area contributed by atoms with Gasteiger partial charge in [-0.3, -0.25) is 0 Å². The van der Waals surface area contributed by atoms with Gasteiger partial charge in [-0.25, -0.2) is 13.2 Å². The van der Waals surface area contributed by atoms with Gasteiger partial charge in [-0.1, -0.05) is 34.1 Å². The van der Waals surface area contributed by atoms with Crippen molar-refractivity contribution in [2.45, 2.75) is 4.90 Å². The fourth-order valence-electron chi connectivity index (χ4n) is 2.61. The van der Waals surface area contributed by atoms with Gasteiger partial charge in [-0.15, -0.1) is 0 Å². The number of nitrogens with one attached hydrogen (secondary N) is 1. The van der Waals surface area contributed by atoms with E-state index in [1.807, 2.05) is 12.1 Å². The molecule has 0 radical (unpaired) electrons. The maximum absolute atomic E-state index is 12.6. The number of sulfonamides is 1. The number of hydrogen-bond donors (Lipinski definition) is 1. The third-order valence-corrected chi connectivity index (χ3v) is 6.44. The van der Waals surface area contributed by atoms with E-state index >= 15 is 0 Å². The number of halogens is 1. The van der Waals surface area contributed by atoms with Gasteiger partial charge in [-0.05, 0) is 36.4 Å². The Morgan fingerprint density at radius 3 is 2.12 bits per heavy atom. The molecule has 2 amide bonds. The normalized spacial score (nSPS) is 15.8. The monoisotopic (exact) mass is 423 g/mol. The summed E-state index contributed by atoms with van der Waals surface area (Å²) in [6.07, 6.45) is 0. The Morgan fingerprint density at radius 2 is 1.52 bits per heavy atom. The van der Waals surface area contributed by atoms with Gasteiger partial charge < -0.3 is 10.2 Å². The molecule has 132 valence electrons. The third kappa shape index (κ3) is 4.20. The first-order valence-electron chi connectivity index (χ1n) is 7.83. The van der Waals surface area contributed by atoms with Crippen molar-refractivity contribution < 1.29 is 13.2 Å². The van der Waals surface area contributed by atoms with Gasteiger partial charge in [0, 0.05) is 36.3 Å². The molecule has 1 fully saturated rings. The van der Waals surface area contributed by atoms with Gasteiger partial charge in [0.25, 0.3) is 0 Å². The second-order valence-electron chi connectivity index (χ2n) is 5.64. The molecule has 25 heavy (non-hydrogen) atoms. The van der Waals surface area contributed by atoms with Crippen LogP contribution < -0.4 is 5.32 Å². The van der Waals surface area contributed by atoms with E-state index in [4.69, 9.17) is 0 Å². The van der Waals surface area contributed by atoms with E-state index in [0.29, 0.717) is 18.8 Å². The van der Waals surface area contributed by atoms with E-state index in [2.05, 4.69) is 21.2 Å². The van der Waals surface area contributed by atoms with Crippen molar-refractivity contribution in [3.05, 3.63) is 59.1 Å². The quantitative estimate of drug-likeness (QED) is 0.824. The summed E-state index contributed by atoms with van der Waals surface area (Å²) in [7, 11) is -3.51. The molecule has 0 aliphatic carbocycles. The van der Waals surface area contributed by atoms with Crippen LogP contribution >= 0.6 is 15.9 Å². The SMILES string of the molecule is O=C(Nc1ccc(Br)cc1)N1CCN(S(=O)(=O)c2ccccc2)CC1. The van der Waals surface area contributed by atoms with Crippen LogP contribution in [0.3, 0.4) is 0 Å². The molecule has 3 rings (SSSR count). The summed E-state index contributed by atoms with van der Waals surface area (Å²) in [6, 6.07) is 15.4. The van der Waals surface area contributed by atoms with Crippen molar-refractivity contribution >= 4 is 37.7 Å². The number of carbonyl (C=O) groups excluding carboxylic acids is 1. The van der Waals surface area contributed by atoms with Gasteiger partial charge in [-0.2, -0.15) is 4.31 Å². The van der Waals surface area contributed by atoms with Crippen LogP contribution in [0, 0.1) is 0 Å². The number of hydrogen-bond acceptors (Lipinski definition) is 3. The molecule has 1 N–H and O–H groups in total. The first-order valence-corrected chi connectivity index (χ1v) is 10.1. The first-order chi connectivity index (χ1) is 12.0. The van der Waals surface area contributed by atoms with Crippen molar-refractivity contribution in [2.24, 2.45) is 0 Å². The summed E-state index contributed by atoms with van der Waals surface area (Å²) in [6.45, 7) is 1.28. The second-order valence-corrected chi connectivity index (χ2v) is 8.49. The lowest BCUT2D eigenvalue weighted by molar-refractivity contribution is 0.184. The highest BCUT2D eigenvalue weighted by Gasteiger charge is 2.29. The number of benzene rings is 2. The molecule has 8 heteroatoms. The predicted molar refractivity (Wildman–Crippen MR) is 99.9 cm³/mol. The van der Waals surface area contributed by atoms with Gasteiger partial charge in [0.05, 0.1) is 4.90 Å². The predicted octanol–water partition coefficient (Wildman–Crippen LogP) is 2.99. The zero-order valence-electron chi connectivity index (χ0n) is 13.4. The van der Waals surface area contributed by atoms with Crippen LogP contribution in [0.4, 0.5) is 10.5 Å². The Balaban J connectivity index is 1.60. The van der Waals surface area contributed by atoms with E-state index in [9.17, 15) is 13.2 Å². The van der Waals surface area contributed by atoms with Crippen LogP contribution in [0.2, 0.25) is 0 Å². The average molecular weight is 424 g/mol. The molecule has 1 heterocycles. The van der Waals surface area contributed by atoms with E-state index in [0.717, 1.165) is 4.47 Å². The minimum atomic E-state index is -3.51. The number of carbonyl (C=O) groups is 1. The molecule has 0 aromatic heterocycles. The van der Waals surface area contributed by atoms with E-state index < -0.39 is 10.0 Å². The molecule has 1 aliphatic rings. The van der Waals surface area contributed by atoms with Crippen molar-refractivity contribution in [2.75, 3.05) is 31.5 Å². The molecule has 0 bridgehead atoms. The van der Waals surface area contributed by atoms with Crippen molar-refractivity contribution in [1.29, 1.82) is 0 Å². The molecule has 2 aromatic rings. The molecular formula is C17H18BrN3O3S. The van der Waals surface area contributed by atoms with E-state index in [1.165, 1.54) is 4.31 Å². The maximum atomic E-state index is 12.6. The lowest BCUT2D eigenvalue weighted by Crippen LogP contribution is -2.51. The van der Waals surface area contributed by atoms with Gasteiger partial charge in [0.15, 0.2) is 0 Å². The fourth-order valence-corrected chi connectivity index (χ4v) is 4.32. The van der Waals surface area contributed by atoms with Crippen molar-refractivity contribution in [1.82, 2.24) is 9.21 Å². The summed E-state index contributed by atoms with van der Waals surface area (Å²) in [4.78, 5) is 14.2. The van der Waals surface area contributed by atoms with E-state index in [-0.39, 0.29) is 24.0 Å². The topological polar surface area (TPSA) is 69.7 Å². The van der Waals surface area contributed by atoms with Crippen LogP contribution in [0.5, 0.6) is 0 Å². The zero-order chi connectivity index (χ0) is 17.9. The van der Waals surface area contributed by atoms with Crippen LogP contribution in [0.15, 0.2) is 64.0 Å². The Hall–Kier alpha value is -1.90. The molecule has 0 unspecified atom stereocenters. The number of anilines is 1. The number of piperazine rings is 1. The molecular weight excluding hydrogens is 406 g/mol. The van der Waals surface area contributed by atoms with Crippen LogP contribution in [-0.2, 0) is 10.0 Å². The van der Waals surface area contributed by atoms with Crippen molar-refractivity contribution in [3.63, 3.8) is 0 Å². The number of amides is 2. The lowest BCUT2D eigenvalue weighted by Gasteiger charge is -2.34. The molecule has 1 aliphatic heterocycles. The van der Waals surface area contributed by atoms with Gasteiger partial charge in [0.2, 0.25) is 10.0 Å². The average Bonchev–Trinajstić information content (AvgIpc) is 2.64. The summed E-state index contributed by atoms with van der Waals surface area (Å²) >= 11 is 3.35. The molecule has 0 spiro atoms. The third-order valence-electron chi connectivity index (χ3n) is 4.00. The van der Waals surface area contributed by atoms with Gasteiger partial charge >= 0.3 is 6.03 Å². The Morgan fingerprint density at radius 1 is 0.920 bits per heavy atom. The van der Waals surface area contributed by atoms with E-state index in [1.54, 1.807) is 47.4 Å². The summed E-state index contributed by atoms with van der Waals surface area (Å²) in [5.41, 5.74) is 0.701. The second kappa shape index (κ2) is 7.55. The number of rotatable bonds is 3. The Bertz CT molecular complexity index is 833. The zero-order valence-corrected chi connectivity index (χ0v) is 15.8.